The quantitative estimate of drug-likeness (QED) is 0.248. The summed E-state index contributed by atoms with van der Waals surface area (Å²) in [5.41, 5.74) is 2.66. The topological polar surface area (TPSA) is 56.6 Å². The third kappa shape index (κ3) is 6.18. The molecule has 0 N–H and O–H groups in total. The number of carbonyl (C=O) groups excluding carboxylic acids is 1. The molecule has 0 unspecified atom stereocenters. The normalized spacial score (nSPS) is 13.9. The van der Waals surface area contributed by atoms with Crippen LogP contribution in [0.5, 0.6) is 5.75 Å². The van der Waals surface area contributed by atoms with Crippen LogP contribution in [0.4, 0.5) is 5.69 Å². The van der Waals surface area contributed by atoms with E-state index in [9.17, 15) is 10.1 Å². The SMILES string of the molecule is N#C/C(=C/c1cc(Cl)c(OCc2ccccc2Cl)c(Br)c1)C(=O)N1CCN(c2ccccc2)CC1. The summed E-state index contributed by atoms with van der Waals surface area (Å²) in [7, 11) is 0. The van der Waals surface area contributed by atoms with Crippen LogP contribution >= 0.6 is 39.1 Å². The van der Waals surface area contributed by atoms with Crippen molar-refractivity contribution in [3.8, 4) is 11.8 Å². The first kappa shape index (κ1) is 25.1. The molecule has 1 aliphatic rings. The summed E-state index contributed by atoms with van der Waals surface area (Å²) in [6.45, 7) is 2.77. The van der Waals surface area contributed by atoms with Gasteiger partial charge in [-0.25, -0.2) is 0 Å². The number of rotatable bonds is 6. The molecule has 0 saturated carbocycles. The van der Waals surface area contributed by atoms with Gasteiger partial charge in [0.2, 0.25) is 0 Å². The third-order valence-electron chi connectivity index (χ3n) is 5.70. The van der Waals surface area contributed by atoms with Gasteiger partial charge in [0, 0.05) is 42.5 Å². The van der Waals surface area contributed by atoms with E-state index in [0.717, 1.165) is 11.3 Å². The number of carbonyl (C=O) groups is 1. The predicted octanol–water partition coefficient (Wildman–Crippen LogP) is 6.59. The predicted molar refractivity (Wildman–Crippen MR) is 144 cm³/mol. The van der Waals surface area contributed by atoms with E-state index in [-0.39, 0.29) is 18.1 Å². The molecule has 0 bridgehead atoms. The number of amides is 1. The van der Waals surface area contributed by atoms with Crippen LogP contribution in [0.1, 0.15) is 11.1 Å². The van der Waals surface area contributed by atoms with Crippen molar-refractivity contribution in [2.24, 2.45) is 0 Å². The van der Waals surface area contributed by atoms with Gasteiger partial charge in [-0.2, -0.15) is 5.26 Å². The fourth-order valence-corrected chi connectivity index (χ4v) is 5.03. The highest BCUT2D eigenvalue weighted by Crippen LogP contribution is 2.36. The Morgan fingerprint density at radius 3 is 2.34 bits per heavy atom. The lowest BCUT2D eigenvalue weighted by Gasteiger charge is -2.36. The van der Waals surface area contributed by atoms with Crippen LogP contribution in [0.3, 0.4) is 0 Å². The Hall–Kier alpha value is -2.98. The molecule has 0 spiro atoms. The van der Waals surface area contributed by atoms with Crippen molar-refractivity contribution in [3.63, 3.8) is 0 Å². The Morgan fingerprint density at radius 2 is 1.69 bits per heavy atom. The van der Waals surface area contributed by atoms with Crippen LogP contribution in [-0.2, 0) is 11.4 Å². The zero-order chi connectivity index (χ0) is 24.8. The van der Waals surface area contributed by atoms with Gasteiger partial charge in [-0.3, -0.25) is 4.79 Å². The molecule has 1 aliphatic heterocycles. The highest BCUT2D eigenvalue weighted by molar-refractivity contribution is 9.10. The number of para-hydroxylation sites is 1. The summed E-state index contributed by atoms with van der Waals surface area (Å²) in [4.78, 5) is 17.0. The summed E-state index contributed by atoms with van der Waals surface area (Å²) >= 11 is 16.2. The Labute approximate surface area is 223 Å². The van der Waals surface area contributed by atoms with Crippen LogP contribution in [0, 0.1) is 11.3 Å². The Kier molecular flexibility index (Phi) is 8.35. The van der Waals surface area contributed by atoms with E-state index >= 15 is 0 Å². The minimum Gasteiger partial charge on any atom is -0.486 e. The molecule has 8 heteroatoms. The number of anilines is 1. The maximum atomic E-state index is 13.0. The van der Waals surface area contributed by atoms with E-state index < -0.39 is 0 Å². The molecule has 3 aromatic carbocycles. The van der Waals surface area contributed by atoms with Crippen LogP contribution < -0.4 is 9.64 Å². The van der Waals surface area contributed by atoms with E-state index in [2.05, 4.69) is 33.0 Å². The van der Waals surface area contributed by atoms with Crippen LogP contribution in [0.25, 0.3) is 6.08 Å². The number of halogens is 3. The van der Waals surface area contributed by atoms with Crippen molar-refractivity contribution in [1.82, 2.24) is 4.90 Å². The van der Waals surface area contributed by atoms with Crippen molar-refractivity contribution in [2.45, 2.75) is 6.61 Å². The van der Waals surface area contributed by atoms with Crippen molar-refractivity contribution in [2.75, 3.05) is 31.1 Å². The van der Waals surface area contributed by atoms with E-state index in [1.807, 2.05) is 42.5 Å². The fraction of sp³-hybridized carbons (Fsp3) is 0.185. The maximum Gasteiger partial charge on any atom is 0.264 e. The summed E-state index contributed by atoms with van der Waals surface area (Å²) in [5, 5.41) is 10.7. The van der Waals surface area contributed by atoms with Crippen LogP contribution in [0.15, 0.2) is 76.8 Å². The molecule has 1 saturated heterocycles. The third-order valence-corrected chi connectivity index (χ3v) is 6.94. The molecule has 0 aliphatic carbocycles. The summed E-state index contributed by atoms with van der Waals surface area (Å²) in [6, 6.07) is 23.0. The highest BCUT2D eigenvalue weighted by Gasteiger charge is 2.24. The number of benzene rings is 3. The molecule has 0 aromatic heterocycles. The minimum atomic E-state index is -0.286. The molecule has 5 nitrogen and oxygen atoms in total. The lowest BCUT2D eigenvalue weighted by Crippen LogP contribution is -2.49. The molecule has 0 radical (unpaired) electrons. The molecule has 178 valence electrons. The molecule has 4 rings (SSSR count). The zero-order valence-corrected chi connectivity index (χ0v) is 21.9. The van der Waals surface area contributed by atoms with Gasteiger partial charge in [0.05, 0.1) is 9.50 Å². The minimum absolute atomic E-state index is 0.0610. The molecular weight excluding hydrogens is 549 g/mol. The van der Waals surface area contributed by atoms with Crippen LogP contribution in [0.2, 0.25) is 10.0 Å². The van der Waals surface area contributed by atoms with Crippen molar-refractivity contribution >= 4 is 56.8 Å². The second-order valence-corrected chi connectivity index (χ2v) is 9.65. The fourth-order valence-electron chi connectivity index (χ4n) is 3.85. The first-order chi connectivity index (χ1) is 17.0. The number of ether oxygens (including phenoxy) is 1. The Bertz CT molecular complexity index is 1260. The average Bonchev–Trinajstić information content (AvgIpc) is 2.88. The second kappa shape index (κ2) is 11.6. The molecule has 35 heavy (non-hydrogen) atoms. The smallest absolute Gasteiger partial charge is 0.264 e. The van der Waals surface area contributed by atoms with Gasteiger partial charge in [-0.1, -0.05) is 59.6 Å². The molecule has 0 atom stereocenters. The highest BCUT2D eigenvalue weighted by atomic mass is 79.9. The Morgan fingerprint density at radius 1 is 1.00 bits per heavy atom. The molecular formula is C27H22BrCl2N3O2. The summed E-state index contributed by atoms with van der Waals surface area (Å²) in [5.74, 6) is 0.178. The monoisotopic (exact) mass is 569 g/mol. The van der Waals surface area contributed by atoms with Gasteiger partial charge in [0.25, 0.3) is 5.91 Å². The second-order valence-electron chi connectivity index (χ2n) is 7.98. The molecule has 1 amide bonds. The zero-order valence-electron chi connectivity index (χ0n) is 18.8. The van der Waals surface area contributed by atoms with Gasteiger partial charge >= 0.3 is 0 Å². The van der Waals surface area contributed by atoms with E-state index in [1.165, 1.54) is 0 Å². The lowest BCUT2D eigenvalue weighted by molar-refractivity contribution is -0.126. The van der Waals surface area contributed by atoms with E-state index in [0.29, 0.717) is 52.0 Å². The molecule has 1 fully saturated rings. The number of nitrogens with zero attached hydrogens (tertiary/aromatic N) is 3. The number of hydrogen-bond acceptors (Lipinski definition) is 4. The number of hydrogen-bond donors (Lipinski definition) is 0. The van der Waals surface area contributed by atoms with Gasteiger partial charge in [0.15, 0.2) is 5.75 Å². The lowest BCUT2D eigenvalue weighted by atomic mass is 10.1. The summed E-state index contributed by atoms with van der Waals surface area (Å²) in [6.07, 6.45) is 1.56. The van der Waals surface area contributed by atoms with Gasteiger partial charge in [0.1, 0.15) is 18.2 Å². The molecule has 3 aromatic rings. The first-order valence-corrected chi connectivity index (χ1v) is 12.6. The van der Waals surface area contributed by atoms with E-state index in [1.54, 1.807) is 29.2 Å². The number of nitriles is 1. The van der Waals surface area contributed by atoms with Gasteiger partial charge < -0.3 is 14.5 Å². The van der Waals surface area contributed by atoms with Gasteiger partial charge in [-0.05, 0) is 57.9 Å². The summed E-state index contributed by atoms with van der Waals surface area (Å²) < 4.78 is 6.50. The van der Waals surface area contributed by atoms with Crippen LogP contribution in [-0.4, -0.2) is 37.0 Å². The largest absolute Gasteiger partial charge is 0.486 e. The standard InChI is InChI=1S/C27H22BrCl2N3O2/c28-23-15-19(16-25(30)26(23)35-18-20-6-4-5-9-24(20)29)14-21(17-31)27(34)33-12-10-32(11-13-33)22-7-2-1-3-8-22/h1-9,14-16H,10-13,18H2/b21-14-. The number of piperazine rings is 1. The first-order valence-electron chi connectivity index (χ1n) is 11.0. The van der Waals surface area contributed by atoms with Crippen molar-refractivity contribution < 1.29 is 9.53 Å². The van der Waals surface area contributed by atoms with Crippen molar-refractivity contribution in [3.05, 3.63) is 97.9 Å². The maximum absolute atomic E-state index is 13.0. The van der Waals surface area contributed by atoms with Crippen molar-refractivity contribution in [1.29, 1.82) is 5.26 Å². The van der Waals surface area contributed by atoms with E-state index in [4.69, 9.17) is 27.9 Å². The van der Waals surface area contributed by atoms with Gasteiger partial charge in [-0.15, -0.1) is 0 Å². The Balaban J connectivity index is 1.44. The average molecular weight is 571 g/mol. The molecule has 1 heterocycles.